The number of carbonyl (C=O) groups is 1. The van der Waals surface area contributed by atoms with Crippen LogP contribution in [0.1, 0.15) is 18.9 Å². The highest BCUT2D eigenvalue weighted by Crippen LogP contribution is 2.24. The third-order valence-electron chi connectivity index (χ3n) is 2.87. The molecule has 0 aliphatic rings. The minimum absolute atomic E-state index is 0.167. The Kier molecular flexibility index (Phi) is 5.10. The van der Waals surface area contributed by atoms with Crippen LogP contribution >= 0.6 is 11.3 Å². The van der Waals surface area contributed by atoms with E-state index in [4.69, 9.17) is 4.74 Å². The maximum Gasteiger partial charge on any atom is 0.248 e. The number of methoxy groups -OCH3 is 1. The Morgan fingerprint density at radius 3 is 2.81 bits per heavy atom. The molecule has 1 aromatic heterocycles. The molecule has 0 radical (unpaired) electrons. The van der Waals surface area contributed by atoms with Gasteiger partial charge in [-0.25, -0.2) is 0 Å². The van der Waals surface area contributed by atoms with Gasteiger partial charge in [0.2, 0.25) is 11.0 Å². The van der Waals surface area contributed by atoms with Gasteiger partial charge in [-0.1, -0.05) is 30.4 Å². The summed E-state index contributed by atoms with van der Waals surface area (Å²) < 4.78 is 5.25. The number of para-hydroxylation sites is 2. The number of nitrogens with zero attached hydrogens (tertiary/aromatic N) is 2. The first kappa shape index (κ1) is 15.2. The fourth-order valence-corrected chi connectivity index (χ4v) is 2.41. The van der Waals surface area contributed by atoms with E-state index in [1.807, 2.05) is 31.2 Å². The summed E-state index contributed by atoms with van der Waals surface area (Å²) in [6.07, 6.45) is 0.808. The summed E-state index contributed by atoms with van der Waals surface area (Å²) in [7, 11) is 1.60. The predicted molar refractivity (Wildman–Crippen MR) is 84.0 cm³/mol. The largest absolute Gasteiger partial charge is 0.495 e. The first-order chi connectivity index (χ1) is 10.1. The fraction of sp³-hybridized carbons (Fsp3) is 0.357. The molecule has 0 spiro atoms. The average Bonchev–Trinajstić information content (AvgIpc) is 2.95. The predicted octanol–water partition coefficient (Wildman–Crippen LogP) is 2.55. The average molecular weight is 306 g/mol. The molecule has 0 saturated heterocycles. The van der Waals surface area contributed by atoms with E-state index in [2.05, 4.69) is 20.8 Å². The van der Waals surface area contributed by atoms with Gasteiger partial charge in [0, 0.05) is 0 Å². The van der Waals surface area contributed by atoms with Crippen LogP contribution in [0.3, 0.4) is 0 Å². The van der Waals surface area contributed by atoms with Crippen LogP contribution in [0, 0.1) is 0 Å². The van der Waals surface area contributed by atoms with Crippen LogP contribution in [-0.4, -0.2) is 29.3 Å². The van der Waals surface area contributed by atoms with Gasteiger partial charge in [0.05, 0.1) is 12.8 Å². The van der Waals surface area contributed by atoms with Crippen LogP contribution < -0.4 is 15.4 Å². The Morgan fingerprint density at radius 1 is 1.38 bits per heavy atom. The molecule has 6 nitrogen and oxygen atoms in total. The van der Waals surface area contributed by atoms with E-state index in [0.717, 1.165) is 17.1 Å². The highest BCUT2D eigenvalue weighted by molar-refractivity contribution is 7.15. The molecule has 1 aromatic carbocycles. The number of carbonyl (C=O) groups excluding carboxylic acids is 1. The van der Waals surface area contributed by atoms with Crippen LogP contribution in [0.15, 0.2) is 24.3 Å². The van der Waals surface area contributed by atoms with Crippen LogP contribution in [0.2, 0.25) is 0 Å². The van der Waals surface area contributed by atoms with E-state index in [-0.39, 0.29) is 5.91 Å². The molecule has 112 valence electrons. The van der Waals surface area contributed by atoms with Crippen molar-refractivity contribution in [3.05, 3.63) is 29.3 Å². The van der Waals surface area contributed by atoms with E-state index < -0.39 is 6.04 Å². The Bertz CT molecular complexity index is 615. The summed E-state index contributed by atoms with van der Waals surface area (Å²) in [5.41, 5.74) is 0.772. The van der Waals surface area contributed by atoms with Gasteiger partial charge in [-0.05, 0) is 25.5 Å². The maximum absolute atomic E-state index is 12.1. The zero-order valence-electron chi connectivity index (χ0n) is 12.2. The molecule has 2 rings (SSSR count). The van der Waals surface area contributed by atoms with Gasteiger partial charge < -0.3 is 10.1 Å². The number of amides is 1. The van der Waals surface area contributed by atoms with Crippen molar-refractivity contribution in [1.29, 1.82) is 0 Å². The topological polar surface area (TPSA) is 76.1 Å². The number of benzene rings is 1. The smallest absolute Gasteiger partial charge is 0.248 e. The molecule has 1 heterocycles. The summed E-state index contributed by atoms with van der Waals surface area (Å²) in [6.45, 7) is 3.78. The molecule has 0 bridgehead atoms. The Hall–Kier alpha value is -2.15. The van der Waals surface area contributed by atoms with Gasteiger partial charge in [0.25, 0.3) is 0 Å². The first-order valence-corrected chi connectivity index (χ1v) is 7.48. The number of aryl methyl sites for hydroxylation is 1. The van der Waals surface area contributed by atoms with E-state index >= 15 is 0 Å². The second-order valence-corrected chi connectivity index (χ2v) is 5.47. The van der Waals surface area contributed by atoms with Crippen LogP contribution in [0.5, 0.6) is 5.75 Å². The minimum atomic E-state index is -0.421. The molecule has 0 saturated carbocycles. The number of nitrogens with one attached hydrogen (secondary N) is 2. The SMILES string of the molecule is CCc1nnc(NC(=O)[C@H](C)Nc2ccccc2OC)s1. The fourth-order valence-electron chi connectivity index (χ4n) is 1.72. The van der Waals surface area contributed by atoms with Crippen LogP contribution in [0.4, 0.5) is 10.8 Å². The van der Waals surface area contributed by atoms with Crippen molar-refractivity contribution >= 4 is 28.1 Å². The van der Waals surface area contributed by atoms with Gasteiger partial charge in [0.1, 0.15) is 16.8 Å². The molecule has 0 aliphatic heterocycles. The third kappa shape index (κ3) is 3.91. The summed E-state index contributed by atoms with van der Waals surface area (Å²) >= 11 is 1.39. The van der Waals surface area contributed by atoms with Crippen molar-refractivity contribution in [1.82, 2.24) is 10.2 Å². The number of rotatable bonds is 6. The second kappa shape index (κ2) is 7.03. The zero-order valence-corrected chi connectivity index (χ0v) is 13.0. The van der Waals surface area contributed by atoms with Crippen molar-refractivity contribution in [3.63, 3.8) is 0 Å². The zero-order chi connectivity index (χ0) is 15.2. The minimum Gasteiger partial charge on any atom is -0.495 e. The van der Waals surface area contributed by atoms with Crippen molar-refractivity contribution in [2.24, 2.45) is 0 Å². The number of hydrogen-bond donors (Lipinski definition) is 2. The van der Waals surface area contributed by atoms with E-state index in [1.165, 1.54) is 11.3 Å². The second-order valence-electron chi connectivity index (χ2n) is 4.41. The molecule has 1 atom stereocenters. The summed E-state index contributed by atoms with van der Waals surface area (Å²) in [5, 5.41) is 15.2. The quantitative estimate of drug-likeness (QED) is 0.857. The molecule has 0 unspecified atom stereocenters. The molecular formula is C14H18N4O2S. The van der Waals surface area contributed by atoms with Gasteiger partial charge in [0.15, 0.2) is 0 Å². The number of hydrogen-bond acceptors (Lipinski definition) is 6. The lowest BCUT2D eigenvalue weighted by molar-refractivity contribution is -0.116. The monoisotopic (exact) mass is 306 g/mol. The lowest BCUT2D eigenvalue weighted by atomic mass is 10.2. The third-order valence-corrected chi connectivity index (χ3v) is 3.85. The van der Waals surface area contributed by atoms with Crippen molar-refractivity contribution in [2.45, 2.75) is 26.3 Å². The molecule has 1 amide bonds. The van der Waals surface area contributed by atoms with Crippen molar-refractivity contribution < 1.29 is 9.53 Å². The van der Waals surface area contributed by atoms with E-state index in [9.17, 15) is 4.79 Å². The molecule has 2 aromatic rings. The molecule has 21 heavy (non-hydrogen) atoms. The molecule has 7 heteroatoms. The lowest BCUT2D eigenvalue weighted by Crippen LogP contribution is -2.31. The lowest BCUT2D eigenvalue weighted by Gasteiger charge is -2.16. The number of ether oxygens (including phenoxy) is 1. The van der Waals surface area contributed by atoms with Gasteiger partial charge in [-0.3, -0.25) is 10.1 Å². The Morgan fingerprint density at radius 2 is 2.14 bits per heavy atom. The highest BCUT2D eigenvalue weighted by atomic mass is 32.1. The van der Waals surface area contributed by atoms with Crippen molar-refractivity contribution in [2.75, 3.05) is 17.7 Å². The van der Waals surface area contributed by atoms with E-state index in [0.29, 0.717) is 10.9 Å². The van der Waals surface area contributed by atoms with Gasteiger partial charge in [-0.15, -0.1) is 10.2 Å². The highest BCUT2D eigenvalue weighted by Gasteiger charge is 2.16. The summed E-state index contributed by atoms with van der Waals surface area (Å²) in [4.78, 5) is 12.1. The molecule has 0 aliphatic carbocycles. The van der Waals surface area contributed by atoms with E-state index in [1.54, 1.807) is 14.0 Å². The van der Waals surface area contributed by atoms with Gasteiger partial charge >= 0.3 is 0 Å². The Labute approximate surface area is 127 Å². The molecule has 0 fully saturated rings. The summed E-state index contributed by atoms with van der Waals surface area (Å²) in [5.74, 6) is 0.529. The normalized spacial score (nSPS) is 11.8. The first-order valence-electron chi connectivity index (χ1n) is 6.66. The van der Waals surface area contributed by atoms with Crippen LogP contribution in [-0.2, 0) is 11.2 Å². The maximum atomic E-state index is 12.1. The Balaban J connectivity index is 1.99. The summed E-state index contributed by atoms with van der Waals surface area (Å²) in [6, 6.07) is 7.04. The van der Waals surface area contributed by atoms with Gasteiger partial charge in [-0.2, -0.15) is 0 Å². The van der Waals surface area contributed by atoms with Crippen LogP contribution in [0.25, 0.3) is 0 Å². The number of anilines is 2. The van der Waals surface area contributed by atoms with Crippen molar-refractivity contribution in [3.8, 4) is 5.75 Å². The number of aromatic nitrogens is 2. The molecule has 2 N–H and O–H groups in total. The standard InChI is InChI=1S/C14H18N4O2S/c1-4-12-17-18-14(21-12)16-13(19)9(2)15-10-7-5-6-8-11(10)20-3/h5-9,15H,4H2,1-3H3,(H,16,18,19)/t9-/m0/s1. The molecular weight excluding hydrogens is 288 g/mol.